The van der Waals surface area contributed by atoms with Crippen LogP contribution in [0.3, 0.4) is 0 Å². The molecule has 1 saturated carbocycles. The first kappa shape index (κ1) is 33.2. The number of hydrogen-bond donors (Lipinski definition) is 3. The average molecular weight is 740 g/mol. The van der Waals surface area contributed by atoms with Gasteiger partial charge in [-0.2, -0.15) is 13.2 Å². The molecular weight excluding hydrogens is 708 g/mol. The van der Waals surface area contributed by atoms with Crippen LogP contribution in [0.2, 0.25) is 0 Å². The van der Waals surface area contributed by atoms with Crippen LogP contribution in [0.4, 0.5) is 23.2 Å². The third kappa shape index (κ3) is 7.25. The second kappa shape index (κ2) is 13.1. The number of nitrogens with zero attached hydrogens (tertiary/aromatic N) is 2. The van der Waals surface area contributed by atoms with E-state index < -0.39 is 65.0 Å². The maximum Gasteiger partial charge on any atom is 0.416 e. The highest BCUT2D eigenvalue weighted by Crippen LogP contribution is 2.45. The van der Waals surface area contributed by atoms with Gasteiger partial charge in [0.2, 0.25) is 11.8 Å². The van der Waals surface area contributed by atoms with Crippen LogP contribution in [0, 0.1) is 11.7 Å². The summed E-state index contributed by atoms with van der Waals surface area (Å²) in [6.45, 7) is -0.0604. The number of amides is 2. The van der Waals surface area contributed by atoms with Gasteiger partial charge in [0.05, 0.1) is 22.3 Å². The highest BCUT2D eigenvalue weighted by Gasteiger charge is 2.61. The summed E-state index contributed by atoms with van der Waals surface area (Å²) < 4.78 is 62.6. The van der Waals surface area contributed by atoms with Gasteiger partial charge in [-0.05, 0) is 62.1 Å². The van der Waals surface area contributed by atoms with Crippen molar-refractivity contribution < 1.29 is 41.8 Å². The van der Waals surface area contributed by atoms with Gasteiger partial charge >= 0.3 is 12.1 Å². The third-order valence-electron chi connectivity index (χ3n) is 8.79. The molecule has 15 heteroatoms. The number of rotatable bonds is 5. The lowest BCUT2D eigenvalue weighted by Crippen LogP contribution is -2.55. The van der Waals surface area contributed by atoms with Crippen LogP contribution in [-0.4, -0.2) is 63.0 Å². The maximum absolute atomic E-state index is 14.3. The summed E-state index contributed by atoms with van der Waals surface area (Å²) in [7, 11) is 0. The van der Waals surface area contributed by atoms with Gasteiger partial charge in [0.1, 0.15) is 29.5 Å². The number of alkyl halides is 3. The monoisotopic (exact) mass is 738 g/mol. The van der Waals surface area contributed by atoms with Gasteiger partial charge in [-0.1, -0.05) is 52.3 Å². The van der Waals surface area contributed by atoms with Gasteiger partial charge in [0, 0.05) is 22.5 Å². The van der Waals surface area contributed by atoms with Crippen LogP contribution in [0.1, 0.15) is 50.5 Å². The zero-order valence-electron chi connectivity index (χ0n) is 24.9. The average Bonchev–Trinajstić information content (AvgIpc) is 3.32. The summed E-state index contributed by atoms with van der Waals surface area (Å²) in [6.07, 6.45) is 1.20. The Labute approximate surface area is 279 Å². The fraction of sp³-hybridized carbons (Fsp3) is 0.438. The summed E-state index contributed by atoms with van der Waals surface area (Å²) in [4.78, 5) is 46.1. The quantitative estimate of drug-likeness (QED) is 0.201. The van der Waals surface area contributed by atoms with E-state index in [1.54, 1.807) is 6.08 Å². The molecule has 1 aromatic heterocycles. The first-order chi connectivity index (χ1) is 22.3. The summed E-state index contributed by atoms with van der Waals surface area (Å²) >= 11 is 4.71. The lowest BCUT2D eigenvalue weighted by Gasteiger charge is -2.30. The van der Waals surface area contributed by atoms with Gasteiger partial charge < -0.3 is 25.4 Å². The molecule has 9 nitrogen and oxygen atoms in total. The number of thiazole rings is 1. The number of nitrogens with one attached hydrogen (secondary N) is 2. The Morgan fingerprint density at radius 1 is 1.17 bits per heavy atom. The minimum absolute atomic E-state index is 0.0261. The Bertz CT molecular complexity index is 1730. The molecule has 3 N–H and O–H groups in total. The molecule has 1 aliphatic carbocycles. The molecule has 0 bridgehead atoms. The molecule has 1 saturated heterocycles. The Hall–Kier alpha value is -3.72. The van der Waals surface area contributed by atoms with E-state index in [0.717, 1.165) is 27.7 Å². The molecule has 3 aromatic rings. The highest BCUT2D eigenvalue weighted by atomic mass is 79.9. The van der Waals surface area contributed by atoms with Gasteiger partial charge in [0.15, 0.2) is 0 Å². The predicted molar refractivity (Wildman–Crippen MR) is 170 cm³/mol. The molecule has 3 heterocycles. The number of hydrogen-bond acceptors (Lipinski definition) is 7. The zero-order chi connectivity index (χ0) is 33.5. The number of fused-ring (bicyclic) bond motifs is 3. The minimum Gasteiger partial charge on any atom is -0.479 e. The largest absolute Gasteiger partial charge is 0.479 e. The van der Waals surface area contributed by atoms with Crippen molar-refractivity contribution in [2.45, 2.75) is 74.8 Å². The van der Waals surface area contributed by atoms with Gasteiger partial charge in [-0.15, -0.1) is 0 Å². The van der Waals surface area contributed by atoms with E-state index in [4.69, 9.17) is 4.74 Å². The molecule has 2 amide bonds. The number of carboxylic acids is 1. The number of ether oxygens (including phenoxy) is 1. The SMILES string of the molecule is O=C1N[C@]2(C(=O)O)C[C@H]2/C=C\CCCCC[C@H](Nc2cc(F)cc(C(F)(F)F)c2)C(=O)N2C[C@H](Oc3nc4ccc(Br)cc4s3)C[C@@H]12. The molecule has 2 aromatic carbocycles. The molecule has 250 valence electrons. The minimum atomic E-state index is -4.81. The van der Waals surface area contributed by atoms with Crippen molar-refractivity contribution >= 4 is 61.0 Å². The van der Waals surface area contributed by atoms with E-state index in [-0.39, 0.29) is 31.5 Å². The van der Waals surface area contributed by atoms with E-state index in [9.17, 15) is 37.1 Å². The van der Waals surface area contributed by atoms with Crippen LogP contribution in [0.5, 0.6) is 5.19 Å². The number of allylic oxidation sites excluding steroid dienone is 1. The van der Waals surface area contributed by atoms with Crippen LogP contribution < -0.4 is 15.4 Å². The third-order valence-corrected chi connectivity index (χ3v) is 10.2. The molecule has 0 unspecified atom stereocenters. The van der Waals surface area contributed by atoms with Crippen molar-refractivity contribution in [3.63, 3.8) is 0 Å². The fourth-order valence-electron chi connectivity index (χ4n) is 6.26. The van der Waals surface area contributed by atoms with Gasteiger partial charge in [0.25, 0.3) is 5.19 Å². The van der Waals surface area contributed by atoms with Crippen LogP contribution >= 0.6 is 27.3 Å². The van der Waals surface area contributed by atoms with Crippen molar-refractivity contribution in [1.82, 2.24) is 15.2 Å². The zero-order valence-corrected chi connectivity index (χ0v) is 27.3. The number of carbonyl (C=O) groups excluding carboxylic acids is 2. The maximum atomic E-state index is 14.3. The van der Waals surface area contributed by atoms with Crippen molar-refractivity contribution in [2.75, 3.05) is 11.9 Å². The van der Waals surface area contributed by atoms with Crippen molar-refractivity contribution in [1.29, 1.82) is 0 Å². The molecule has 3 aliphatic rings. The van der Waals surface area contributed by atoms with Crippen molar-refractivity contribution in [2.24, 2.45) is 5.92 Å². The number of carboxylic acid groups (broad SMARTS) is 1. The summed E-state index contributed by atoms with van der Waals surface area (Å²) in [5.41, 5.74) is -2.24. The van der Waals surface area contributed by atoms with Crippen LogP contribution in [0.15, 0.2) is 53.0 Å². The molecule has 6 rings (SSSR count). The topological polar surface area (TPSA) is 121 Å². The van der Waals surface area contributed by atoms with E-state index in [1.807, 2.05) is 24.3 Å². The standard InChI is InChI=1S/C32H31BrF4N4O5S/c33-19-8-9-23-26(12-19)47-30(39-23)46-22-14-25-27(42)40-31(29(44)45)15-17(31)6-4-2-1-3-5-7-24(28(43)41(25)16-22)38-21-11-18(32(35,36)37)10-20(34)13-21/h4,6,8-13,17,22,24-25,38H,1-3,5,7,14-16H2,(H,40,42)(H,44,45)/b6-4-/t17-,22-,24+,25+,31-/m1/s1. The Kier molecular flexibility index (Phi) is 9.22. The second-order valence-electron chi connectivity index (χ2n) is 12.1. The number of aliphatic carboxylic acids is 1. The molecule has 2 aliphatic heterocycles. The van der Waals surface area contributed by atoms with Crippen LogP contribution in [-0.2, 0) is 20.6 Å². The normalized spacial score (nSPS) is 27.6. The predicted octanol–water partition coefficient (Wildman–Crippen LogP) is 6.53. The van der Waals surface area contributed by atoms with E-state index in [1.165, 1.54) is 16.2 Å². The number of aromatic nitrogens is 1. The summed E-state index contributed by atoms with van der Waals surface area (Å²) in [5, 5.41) is 15.9. The number of anilines is 1. The fourth-order valence-corrected chi connectivity index (χ4v) is 7.69. The molecule has 47 heavy (non-hydrogen) atoms. The number of carbonyl (C=O) groups is 3. The Morgan fingerprint density at radius 2 is 1.98 bits per heavy atom. The number of benzene rings is 2. The molecular formula is C32H31BrF4N4O5S. The first-order valence-corrected chi connectivity index (χ1v) is 16.8. The summed E-state index contributed by atoms with van der Waals surface area (Å²) in [5.74, 6) is -3.97. The number of halogens is 5. The van der Waals surface area contributed by atoms with E-state index in [0.29, 0.717) is 36.0 Å². The molecule has 0 radical (unpaired) electrons. The molecule has 5 atom stereocenters. The molecule has 0 spiro atoms. The first-order valence-electron chi connectivity index (χ1n) is 15.2. The van der Waals surface area contributed by atoms with E-state index >= 15 is 0 Å². The van der Waals surface area contributed by atoms with E-state index in [2.05, 4.69) is 31.5 Å². The molecule has 2 fully saturated rings. The highest BCUT2D eigenvalue weighted by molar-refractivity contribution is 9.10. The lowest BCUT2D eigenvalue weighted by atomic mass is 10.0. The van der Waals surface area contributed by atoms with Gasteiger partial charge in [-0.25, -0.2) is 14.2 Å². The smallest absolute Gasteiger partial charge is 0.416 e. The Balaban J connectivity index is 1.31. The Morgan fingerprint density at radius 3 is 2.74 bits per heavy atom. The van der Waals surface area contributed by atoms with Crippen molar-refractivity contribution in [3.8, 4) is 5.19 Å². The lowest BCUT2D eigenvalue weighted by molar-refractivity contribution is -0.145. The van der Waals surface area contributed by atoms with Gasteiger partial charge in [-0.3, -0.25) is 9.59 Å². The van der Waals surface area contributed by atoms with Crippen LogP contribution in [0.25, 0.3) is 10.2 Å². The van der Waals surface area contributed by atoms with Crippen molar-refractivity contribution in [3.05, 3.63) is 64.4 Å². The second-order valence-corrected chi connectivity index (χ2v) is 14.0. The summed E-state index contributed by atoms with van der Waals surface area (Å²) in [6, 6.07) is 5.31.